The van der Waals surface area contributed by atoms with Crippen LogP contribution >= 0.6 is 0 Å². The molecule has 0 radical (unpaired) electrons. The van der Waals surface area contributed by atoms with Crippen molar-refractivity contribution >= 4 is 11.9 Å². The maximum atomic E-state index is 11.7. The summed E-state index contributed by atoms with van der Waals surface area (Å²) < 4.78 is 0. The first-order valence-corrected chi connectivity index (χ1v) is 5.63. The lowest BCUT2D eigenvalue weighted by atomic mass is 9.89. The Morgan fingerprint density at radius 2 is 2.19 bits per heavy atom. The highest BCUT2D eigenvalue weighted by Gasteiger charge is 2.42. The molecule has 1 saturated heterocycles. The molecule has 0 aromatic carbocycles. The number of amides is 1. The maximum absolute atomic E-state index is 11.7. The summed E-state index contributed by atoms with van der Waals surface area (Å²) in [5.74, 6) is -0.807. The van der Waals surface area contributed by atoms with Crippen molar-refractivity contribution in [2.45, 2.75) is 32.7 Å². The molecule has 1 heterocycles. The van der Waals surface area contributed by atoms with E-state index < -0.39 is 17.4 Å². The van der Waals surface area contributed by atoms with Crippen LogP contribution in [0.2, 0.25) is 0 Å². The summed E-state index contributed by atoms with van der Waals surface area (Å²) in [5.41, 5.74) is -0.447. The van der Waals surface area contributed by atoms with Crippen LogP contribution in [0, 0.1) is 5.41 Å². The van der Waals surface area contributed by atoms with Crippen molar-refractivity contribution in [3.05, 3.63) is 0 Å². The average Bonchev–Trinajstić information content (AvgIpc) is 2.61. The van der Waals surface area contributed by atoms with E-state index in [1.165, 1.54) is 0 Å². The van der Waals surface area contributed by atoms with E-state index in [-0.39, 0.29) is 5.91 Å². The van der Waals surface area contributed by atoms with Crippen LogP contribution in [0.5, 0.6) is 0 Å². The SMILES string of the molecule is CCC(C(=O)O)N1CCC(C)(C(=O)NC)C1. The van der Waals surface area contributed by atoms with E-state index in [0.717, 1.165) is 6.42 Å². The van der Waals surface area contributed by atoms with Crippen molar-refractivity contribution in [3.63, 3.8) is 0 Å². The molecular formula is C11H20N2O3. The van der Waals surface area contributed by atoms with Crippen LogP contribution in [0.1, 0.15) is 26.7 Å². The van der Waals surface area contributed by atoms with Gasteiger partial charge in [-0.2, -0.15) is 0 Å². The average molecular weight is 228 g/mol. The molecule has 1 fully saturated rings. The van der Waals surface area contributed by atoms with Gasteiger partial charge in [-0.1, -0.05) is 6.92 Å². The standard InChI is InChI=1S/C11H20N2O3/c1-4-8(9(14)15)13-6-5-11(2,7-13)10(16)12-3/h8H,4-7H2,1-3H3,(H,12,16)(H,14,15). The van der Waals surface area contributed by atoms with Gasteiger partial charge in [-0.15, -0.1) is 0 Å². The molecule has 5 nitrogen and oxygen atoms in total. The van der Waals surface area contributed by atoms with Crippen LogP contribution in [0.15, 0.2) is 0 Å². The number of hydrogen-bond donors (Lipinski definition) is 2. The zero-order valence-electron chi connectivity index (χ0n) is 10.1. The van der Waals surface area contributed by atoms with Gasteiger partial charge in [0, 0.05) is 20.1 Å². The van der Waals surface area contributed by atoms with Crippen molar-refractivity contribution in [2.24, 2.45) is 5.41 Å². The molecule has 0 spiro atoms. The third-order valence-corrected chi connectivity index (χ3v) is 3.39. The highest BCUT2D eigenvalue weighted by molar-refractivity contribution is 5.83. The molecule has 1 aliphatic rings. The Labute approximate surface area is 95.8 Å². The molecule has 1 aliphatic heterocycles. The van der Waals surface area contributed by atoms with Crippen molar-refractivity contribution in [2.75, 3.05) is 20.1 Å². The Balaban J connectivity index is 2.71. The molecule has 16 heavy (non-hydrogen) atoms. The smallest absolute Gasteiger partial charge is 0.320 e. The van der Waals surface area contributed by atoms with Crippen LogP contribution in [-0.2, 0) is 9.59 Å². The van der Waals surface area contributed by atoms with Gasteiger partial charge in [0.2, 0.25) is 5.91 Å². The fourth-order valence-corrected chi connectivity index (χ4v) is 2.34. The van der Waals surface area contributed by atoms with Gasteiger partial charge >= 0.3 is 5.97 Å². The van der Waals surface area contributed by atoms with Crippen LogP contribution in [0.3, 0.4) is 0 Å². The van der Waals surface area contributed by atoms with Crippen LogP contribution in [0.25, 0.3) is 0 Å². The molecule has 2 atom stereocenters. The van der Waals surface area contributed by atoms with Crippen LogP contribution < -0.4 is 5.32 Å². The van der Waals surface area contributed by atoms with Gasteiger partial charge in [-0.05, 0) is 19.8 Å². The van der Waals surface area contributed by atoms with Gasteiger partial charge < -0.3 is 10.4 Å². The first-order valence-electron chi connectivity index (χ1n) is 5.63. The van der Waals surface area contributed by atoms with Gasteiger partial charge in [0.1, 0.15) is 6.04 Å². The van der Waals surface area contributed by atoms with E-state index in [1.807, 2.05) is 18.7 Å². The third-order valence-electron chi connectivity index (χ3n) is 3.39. The number of nitrogens with zero attached hydrogens (tertiary/aromatic N) is 1. The minimum absolute atomic E-state index is 0.00441. The highest BCUT2D eigenvalue weighted by Crippen LogP contribution is 2.31. The summed E-state index contributed by atoms with van der Waals surface area (Å²) in [6, 6.07) is -0.466. The Kier molecular flexibility index (Phi) is 3.91. The first kappa shape index (κ1) is 13.0. The molecule has 0 aliphatic carbocycles. The molecular weight excluding hydrogens is 208 g/mol. The monoisotopic (exact) mass is 228 g/mol. The minimum Gasteiger partial charge on any atom is -0.480 e. The number of rotatable bonds is 4. The van der Waals surface area contributed by atoms with Gasteiger partial charge in [0.15, 0.2) is 0 Å². The molecule has 2 N–H and O–H groups in total. The zero-order chi connectivity index (χ0) is 12.3. The van der Waals surface area contributed by atoms with Crippen LogP contribution in [-0.4, -0.2) is 48.1 Å². The number of nitrogens with one attached hydrogen (secondary N) is 1. The second-order valence-corrected chi connectivity index (χ2v) is 4.62. The van der Waals surface area contributed by atoms with Crippen molar-refractivity contribution in [1.29, 1.82) is 0 Å². The topological polar surface area (TPSA) is 69.6 Å². The molecule has 1 amide bonds. The van der Waals surface area contributed by atoms with E-state index in [2.05, 4.69) is 5.32 Å². The van der Waals surface area contributed by atoms with Crippen molar-refractivity contribution in [3.8, 4) is 0 Å². The number of aliphatic carboxylic acids is 1. The Hall–Kier alpha value is -1.10. The van der Waals surface area contributed by atoms with Gasteiger partial charge in [0.05, 0.1) is 5.41 Å². The van der Waals surface area contributed by atoms with Gasteiger partial charge in [-0.3, -0.25) is 14.5 Å². The van der Waals surface area contributed by atoms with Crippen molar-refractivity contribution in [1.82, 2.24) is 10.2 Å². The van der Waals surface area contributed by atoms with Gasteiger partial charge in [0.25, 0.3) is 0 Å². The summed E-state index contributed by atoms with van der Waals surface area (Å²) >= 11 is 0. The fourth-order valence-electron chi connectivity index (χ4n) is 2.34. The molecule has 0 bridgehead atoms. The summed E-state index contributed by atoms with van der Waals surface area (Å²) in [7, 11) is 1.62. The molecule has 1 rings (SSSR count). The molecule has 0 saturated carbocycles. The molecule has 92 valence electrons. The lowest BCUT2D eigenvalue weighted by Gasteiger charge is -2.26. The number of carbonyl (C=O) groups excluding carboxylic acids is 1. The number of carboxylic acids is 1. The quantitative estimate of drug-likeness (QED) is 0.726. The van der Waals surface area contributed by atoms with Gasteiger partial charge in [-0.25, -0.2) is 0 Å². The number of likely N-dealkylation sites (tertiary alicyclic amines) is 1. The Bertz CT molecular complexity index is 293. The number of carboxylic acid groups (broad SMARTS) is 1. The van der Waals surface area contributed by atoms with Crippen LogP contribution in [0.4, 0.5) is 0 Å². The normalized spacial score (nSPS) is 27.7. The third kappa shape index (κ3) is 2.35. The fraction of sp³-hybridized carbons (Fsp3) is 0.818. The van der Waals surface area contributed by atoms with E-state index >= 15 is 0 Å². The number of hydrogen-bond acceptors (Lipinski definition) is 3. The maximum Gasteiger partial charge on any atom is 0.320 e. The largest absolute Gasteiger partial charge is 0.480 e. The molecule has 0 aromatic heterocycles. The van der Waals surface area contributed by atoms with E-state index in [4.69, 9.17) is 5.11 Å². The second kappa shape index (κ2) is 4.82. The van der Waals surface area contributed by atoms with E-state index in [1.54, 1.807) is 7.05 Å². The second-order valence-electron chi connectivity index (χ2n) is 4.62. The van der Waals surface area contributed by atoms with E-state index in [9.17, 15) is 9.59 Å². The predicted octanol–water partition coefficient (Wildman–Crippen LogP) is 0.308. The summed E-state index contributed by atoms with van der Waals surface area (Å²) in [6.45, 7) is 4.95. The first-order chi connectivity index (χ1) is 7.44. The minimum atomic E-state index is -0.802. The predicted molar refractivity (Wildman–Crippen MR) is 60.1 cm³/mol. The number of carbonyl (C=O) groups is 2. The van der Waals surface area contributed by atoms with E-state index in [0.29, 0.717) is 19.5 Å². The molecule has 2 unspecified atom stereocenters. The molecule has 0 aromatic rings. The zero-order valence-corrected chi connectivity index (χ0v) is 10.1. The van der Waals surface area contributed by atoms with Crippen molar-refractivity contribution < 1.29 is 14.7 Å². The summed E-state index contributed by atoms with van der Waals surface area (Å²) in [5, 5.41) is 11.7. The molecule has 5 heteroatoms. The highest BCUT2D eigenvalue weighted by atomic mass is 16.4. The Morgan fingerprint density at radius 3 is 2.62 bits per heavy atom. The lowest BCUT2D eigenvalue weighted by Crippen LogP contribution is -2.43. The Morgan fingerprint density at radius 1 is 1.56 bits per heavy atom. The lowest BCUT2D eigenvalue weighted by molar-refractivity contribution is -0.143. The summed E-state index contributed by atoms with van der Waals surface area (Å²) in [6.07, 6.45) is 1.29. The summed E-state index contributed by atoms with van der Waals surface area (Å²) in [4.78, 5) is 24.6.